The van der Waals surface area contributed by atoms with Crippen molar-refractivity contribution in [1.29, 1.82) is 0 Å². The molecule has 0 spiro atoms. The molecule has 0 saturated heterocycles. The van der Waals surface area contributed by atoms with Crippen molar-refractivity contribution in [3.63, 3.8) is 0 Å². The lowest BCUT2D eigenvalue weighted by Gasteiger charge is -2.37. The summed E-state index contributed by atoms with van der Waals surface area (Å²) in [5.41, 5.74) is 2.33. The van der Waals surface area contributed by atoms with Crippen molar-refractivity contribution in [3.8, 4) is 5.75 Å². The van der Waals surface area contributed by atoms with Crippen LogP contribution in [0.1, 0.15) is 40.5 Å². The van der Waals surface area contributed by atoms with Gasteiger partial charge in [0.15, 0.2) is 0 Å². The fraction of sp³-hybridized carbons (Fsp3) is 0.368. The van der Waals surface area contributed by atoms with Crippen LogP contribution in [0.3, 0.4) is 0 Å². The molecule has 1 amide bonds. The van der Waals surface area contributed by atoms with Crippen LogP contribution >= 0.6 is 0 Å². The highest BCUT2D eigenvalue weighted by molar-refractivity contribution is 5.94. The first kappa shape index (κ1) is 16.5. The van der Waals surface area contributed by atoms with Crippen molar-refractivity contribution in [3.05, 3.63) is 59.4 Å². The van der Waals surface area contributed by atoms with E-state index >= 15 is 0 Å². The minimum absolute atomic E-state index is 0.141. The molecule has 1 aliphatic carbocycles. The lowest BCUT2D eigenvalue weighted by atomic mass is 9.76. The number of carbonyl (C=O) groups excluding carboxylic acids is 1. The molecule has 0 bridgehead atoms. The first-order valence-electron chi connectivity index (χ1n) is 8.13. The number of aromatic nitrogens is 1. The smallest absolute Gasteiger partial charge is 0.251 e. The number of ether oxygens (including phenoxy) is 1. The first-order chi connectivity index (χ1) is 11.6. The molecule has 1 fully saturated rings. The van der Waals surface area contributed by atoms with E-state index in [9.17, 15) is 9.90 Å². The Hall–Kier alpha value is -2.40. The van der Waals surface area contributed by atoms with Crippen LogP contribution < -0.4 is 10.1 Å². The number of rotatable bonds is 5. The first-order valence-corrected chi connectivity index (χ1v) is 8.13. The standard InChI is InChI=1S/C19H22N2O3/c1-12-9-13(6-7-17(12)24-2)19(23)21-18(14-10-15(22)11-14)16-5-3-4-8-20-16/h3-9,14-15,18,22H,10-11H2,1-2H3,(H,21,23)/t14?,15?,18-/m0/s1. The van der Waals surface area contributed by atoms with Crippen LogP contribution in [-0.4, -0.2) is 29.2 Å². The second-order valence-electron chi connectivity index (χ2n) is 6.28. The van der Waals surface area contributed by atoms with Crippen molar-refractivity contribution in [2.24, 2.45) is 5.92 Å². The molecule has 1 saturated carbocycles. The highest BCUT2D eigenvalue weighted by Gasteiger charge is 2.36. The average molecular weight is 326 g/mol. The van der Waals surface area contributed by atoms with Gasteiger partial charge in [-0.15, -0.1) is 0 Å². The molecule has 2 aromatic rings. The van der Waals surface area contributed by atoms with E-state index in [1.54, 1.807) is 25.4 Å². The Morgan fingerprint density at radius 3 is 2.71 bits per heavy atom. The fourth-order valence-corrected chi connectivity index (χ4v) is 3.14. The zero-order chi connectivity index (χ0) is 17.1. The molecule has 2 N–H and O–H groups in total. The number of pyridine rings is 1. The Bertz CT molecular complexity index is 712. The van der Waals surface area contributed by atoms with Gasteiger partial charge >= 0.3 is 0 Å². The van der Waals surface area contributed by atoms with Crippen molar-refractivity contribution in [2.45, 2.75) is 31.9 Å². The van der Waals surface area contributed by atoms with Gasteiger partial charge in [-0.1, -0.05) is 6.07 Å². The number of methoxy groups -OCH3 is 1. The highest BCUT2D eigenvalue weighted by atomic mass is 16.5. The van der Waals surface area contributed by atoms with Gasteiger partial charge < -0.3 is 15.2 Å². The third-order valence-corrected chi connectivity index (χ3v) is 4.57. The predicted octanol–water partition coefficient (Wildman–Crippen LogP) is 2.64. The summed E-state index contributed by atoms with van der Waals surface area (Å²) in [6.45, 7) is 1.91. The largest absolute Gasteiger partial charge is 0.496 e. The zero-order valence-electron chi connectivity index (χ0n) is 13.9. The number of benzene rings is 1. The van der Waals surface area contributed by atoms with Gasteiger partial charge in [-0.2, -0.15) is 0 Å². The molecule has 0 aliphatic heterocycles. The lowest BCUT2D eigenvalue weighted by Crippen LogP contribution is -2.41. The molecule has 0 radical (unpaired) electrons. The Morgan fingerprint density at radius 1 is 1.33 bits per heavy atom. The number of aryl methyl sites for hydroxylation is 1. The van der Waals surface area contributed by atoms with Crippen LogP contribution in [-0.2, 0) is 0 Å². The number of carbonyl (C=O) groups is 1. The van der Waals surface area contributed by atoms with Crippen molar-refractivity contribution in [1.82, 2.24) is 10.3 Å². The average Bonchev–Trinajstić information content (AvgIpc) is 2.57. The maximum atomic E-state index is 12.7. The SMILES string of the molecule is COc1ccc(C(=O)N[C@H](c2ccccn2)C2CC(O)C2)cc1C. The minimum Gasteiger partial charge on any atom is -0.496 e. The molecule has 5 heteroatoms. The summed E-state index contributed by atoms with van der Waals surface area (Å²) in [5, 5.41) is 12.7. The van der Waals surface area contributed by atoms with Crippen molar-refractivity contribution >= 4 is 5.91 Å². The monoisotopic (exact) mass is 326 g/mol. The van der Waals surface area contributed by atoms with Gasteiger partial charge in [-0.3, -0.25) is 9.78 Å². The number of hydrogen-bond acceptors (Lipinski definition) is 4. The van der Waals surface area contributed by atoms with Crippen LogP contribution in [0.2, 0.25) is 0 Å². The van der Waals surface area contributed by atoms with E-state index in [0.29, 0.717) is 18.4 Å². The summed E-state index contributed by atoms with van der Waals surface area (Å²) in [6.07, 6.45) is 2.81. The van der Waals surface area contributed by atoms with Crippen LogP contribution in [0.15, 0.2) is 42.6 Å². The summed E-state index contributed by atoms with van der Waals surface area (Å²) in [4.78, 5) is 17.0. The molecule has 24 heavy (non-hydrogen) atoms. The molecule has 1 aromatic carbocycles. The number of aliphatic hydroxyl groups excluding tert-OH is 1. The summed E-state index contributed by atoms with van der Waals surface area (Å²) in [5.74, 6) is 0.825. The lowest BCUT2D eigenvalue weighted by molar-refractivity contribution is 0.0228. The van der Waals surface area contributed by atoms with Crippen LogP contribution in [0.25, 0.3) is 0 Å². The second-order valence-corrected chi connectivity index (χ2v) is 6.28. The maximum Gasteiger partial charge on any atom is 0.251 e. The van der Waals surface area contributed by atoms with Crippen molar-refractivity contribution < 1.29 is 14.6 Å². The quantitative estimate of drug-likeness (QED) is 0.886. The van der Waals surface area contributed by atoms with E-state index in [1.807, 2.05) is 31.2 Å². The molecule has 1 heterocycles. The third kappa shape index (κ3) is 3.41. The number of hydrogen-bond donors (Lipinski definition) is 2. The number of nitrogens with one attached hydrogen (secondary N) is 1. The summed E-state index contributed by atoms with van der Waals surface area (Å²) in [7, 11) is 1.61. The van der Waals surface area contributed by atoms with E-state index in [2.05, 4.69) is 10.3 Å². The van der Waals surface area contributed by atoms with E-state index < -0.39 is 0 Å². The summed E-state index contributed by atoms with van der Waals surface area (Å²) in [6, 6.07) is 10.9. The molecule has 1 aliphatic rings. The number of aliphatic hydroxyl groups is 1. The van der Waals surface area contributed by atoms with Gasteiger partial charge in [0.25, 0.3) is 5.91 Å². The Kier molecular flexibility index (Phi) is 4.81. The Balaban J connectivity index is 1.79. The normalized spacial score (nSPS) is 20.8. The van der Waals surface area contributed by atoms with E-state index in [-0.39, 0.29) is 24.0 Å². The minimum atomic E-state index is -0.277. The molecular weight excluding hydrogens is 304 g/mol. The molecule has 1 atom stereocenters. The molecule has 3 rings (SSSR count). The topological polar surface area (TPSA) is 71.5 Å². The predicted molar refractivity (Wildman–Crippen MR) is 90.9 cm³/mol. The summed E-state index contributed by atoms with van der Waals surface area (Å²) < 4.78 is 5.24. The zero-order valence-corrected chi connectivity index (χ0v) is 13.9. The maximum absolute atomic E-state index is 12.7. The Labute approximate surface area is 141 Å². The molecule has 5 nitrogen and oxygen atoms in total. The van der Waals surface area contributed by atoms with Gasteiger partial charge in [-0.25, -0.2) is 0 Å². The Morgan fingerprint density at radius 2 is 2.12 bits per heavy atom. The molecule has 0 unspecified atom stereocenters. The number of amides is 1. The van der Waals surface area contributed by atoms with Crippen LogP contribution in [0.4, 0.5) is 0 Å². The number of nitrogens with zero attached hydrogens (tertiary/aromatic N) is 1. The summed E-state index contributed by atoms with van der Waals surface area (Å²) >= 11 is 0. The highest BCUT2D eigenvalue weighted by Crippen LogP contribution is 2.37. The van der Waals surface area contributed by atoms with Gasteiger partial charge in [0.1, 0.15) is 5.75 Å². The fourth-order valence-electron chi connectivity index (χ4n) is 3.14. The van der Waals surface area contributed by atoms with Gasteiger partial charge in [-0.05, 0) is 61.6 Å². The van der Waals surface area contributed by atoms with E-state index in [0.717, 1.165) is 17.0 Å². The van der Waals surface area contributed by atoms with Gasteiger partial charge in [0.2, 0.25) is 0 Å². The third-order valence-electron chi connectivity index (χ3n) is 4.57. The second kappa shape index (κ2) is 7.01. The molecule has 126 valence electrons. The molecular formula is C19H22N2O3. The van der Waals surface area contributed by atoms with E-state index in [1.165, 1.54) is 0 Å². The van der Waals surface area contributed by atoms with Gasteiger partial charge in [0, 0.05) is 11.8 Å². The molecule has 1 aromatic heterocycles. The van der Waals surface area contributed by atoms with Crippen molar-refractivity contribution in [2.75, 3.05) is 7.11 Å². The van der Waals surface area contributed by atoms with Crippen LogP contribution in [0, 0.1) is 12.8 Å². The van der Waals surface area contributed by atoms with E-state index in [4.69, 9.17) is 4.74 Å². The van der Waals surface area contributed by atoms with Crippen LogP contribution in [0.5, 0.6) is 5.75 Å². The van der Waals surface area contributed by atoms with Gasteiger partial charge in [0.05, 0.1) is 24.9 Å².